The van der Waals surface area contributed by atoms with Gasteiger partial charge in [-0.15, -0.1) is 0 Å². The summed E-state index contributed by atoms with van der Waals surface area (Å²) in [6, 6.07) is 4.11. The van der Waals surface area contributed by atoms with Crippen molar-refractivity contribution < 1.29 is 29.0 Å². The van der Waals surface area contributed by atoms with Gasteiger partial charge >= 0.3 is 17.6 Å². The molecule has 0 radical (unpaired) electrons. The summed E-state index contributed by atoms with van der Waals surface area (Å²) in [4.78, 5) is 49.4. The molecule has 1 atom stereocenters. The summed E-state index contributed by atoms with van der Waals surface area (Å²) in [5.74, 6) is -3.65. The van der Waals surface area contributed by atoms with Crippen molar-refractivity contribution >= 4 is 40.6 Å². The average molecular weight is 473 g/mol. The molecular formula is C25H32N2O7. The lowest BCUT2D eigenvalue weighted by atomic mass is 9.85. The van der Waals surface area contributed by atoms with Crippen molar-refractivity contribution in [1.29, 1.82) is 0 Å². The second-order valence-electron chi connectivity index (χ2n) is 9.20. The van der Waals surface area contributed by atoms with Crippen LogP contribution in [0.5, 0.6) is 0 Å². The Morgan fingerprint density at radius 2 is 1.79 bits per heavy atom. The summed E-state index contributed by atoms with van der Waals surface area (Å²) in [5.41, 5.74) is 1.49. The first-order valence-electron chi connectivity index (χ1n) is 11.1. The number of rotatable bonds is 10. The van der Waals surface area contributed by atoms with E-state index in [0.717, 1.165) is 30.2 Å². The first kappa shape index (κ1) is 26.6. The maximum atomic E-state index is 12.9. The van der Waals surface area contributed by atoms with E-state index in [0.29, 0.717) is 17.6 Å². The Morgan fingerprint density at radius 3 is 2.32 bits per heavy atom. The highest BCUT2D eigenvalue weighted by molar-refractivity contribution is 5.96. The molecule has 1 amide bonds. The molecule has 34 heavy (non-hydrogen) atoms. The molecule has 0 saturated heterocycles. The molecule has 9 nitrogen and oxygen atoms in total. The molecule has 0 aliphatic heterocycles. The number of fused-ring (bicyclic) bond motifs is 1. The van der Waals surface area contributed by atoms with Gasteiger partial charge in [0, 0.05) is 36.3 Å². The Balaban J connectivity index is 2.53. The number of carboxylic acids is 2. The predicted molar refractivity (Wildman–Crippen MR) is 130 cm³/mol. The molecule has 1 aromatic heterocycles. The van der Waals surface area contributed by atoms with E-state index in [2.05, 4.69) is 10.2 Å². The van der Waals surface area contributed by atoms with Crippen molar-refractivity contribution in [2.45, 2.75) is 53.5 Å². The third-order valence-electron chi connectivity index (χ3n) is 5.27. The van der Waals surface area contributed by atoms with Gasteiger partial charge in [0.25, 0.3) is 0 Å². The van der Waals surface area contributed by atoms with E-state index >= 15 is 0 Å². The van der Waals surface area contributed by atoms with Crippen molar-refractivity contribution in [3.63, 3.8) is 0 Å². The third kappa shape index (κ3) is 6.94. The number of anilines is 1. The molecule has 0 saturated carbocycles. The number of carboxylic acid groups (broad SMARTS) is 2. The maximum Gasteiger partial charge on any atom is 0.343 e. The standard InChI is InChI=1S/C25H32N2O7/c1-6-27(7-2)15-8-9-16-18(14-25(3,4)5)17(24(33)34-20(16)12-15)10-11-21(28)26-19(23(31)32)13-22(29)30/h8-12,19H,6-7,13-14H2,1-5H3,(H,26,28)(H,29,30)(H,31,32)/b11-10+. The van der Waals surface area contributed by atoms with Crippen LogP contribution in [-0.4, -0.2) is 47.2 Å². The van der Waals surface area contributed by atoms with Gasteiger partial charge in [-0.25, -0.2) is 9.59 Å². The molecule has 0 spiro atoms. The second-order valence-corrected chi connectivity index (χ2v) is 9.20. The summed E-state index contributed by atoms with van der Waals surface area (Å²) in [5, 5.41) is 20.8. The minimum atomic E-state index is -1.59. The SMILES string of the molecule is CCN(CC)c1ccc2c(CC(C)(C)C)c(/C=C/C(=O)NC(CC(=O)O)C(=O)O)c(=O)oc2c1. The van der Waals surface area contributed by atoms with Crippen molar-refractivity contribution in [2.24, 2.45) is 5.41 Å². The highest BCUT2D eigenvalue weighted by atomic mass is 16.4. The topological polar surface area (TPSA) is 137 Å². The first-order valence-corrected chi connectivity index (χ1v) is 11.1. The van der Waals surface area contributed by atoms with Gasteiger partial charge in [0.05, 0.1) is 12.0 Å². The van der Waals surface area contributed by atoms with Crippen LogP contribution in [0.25, 0.3) is 17.0 Å². The maximum absolute atomic E-state index is 12.9. The van der Waals surface area contributed by atoms with Crippen LogP contribution in [0.1, 0.15) is 52.2 Å². The number of hydrogen-bond donors (Lipinski definition) is 3. The molecule has 184 valence electrons. The van der Waals surface area contributed by atoms with E-state index in [9.17, 15) is 19.2 Å². The van der Waals surface area contributed by atoms with Gasteiger partial charge < -0.3 is 24.8 Å². The van der Waals surface area contributed by atoms with E-state index in [1.807, 2.05) is 52.8 Å². The molecular weight excluding hydrogens is 440 g/mol. The van der Waals surface area contributed by atoms with E-state index in [-0.39, 0.29) is 11.0 Å². The van der Waals surface area contributed by atoms with Gasteiger partial charge in [-0.05, 0) is 49.5 Å². The number of nitrogens with zero attached hydrogens (tertiary/aromatic N) is 1. The van der Waals surface area contributed by atoms with Gasteiger partial charge in [-0.2, -0.15) is 0 Å². The molecule has 0 aliphatic rings. The van der Waals surface area contributed by atoms with Gasteiger partial charge in [0.2, 0.25) is 5.91 Å². The Morgan fingerprint density at radius 1 is 1.15 bits per heavy atom. The normalized spacial score (nSPS) is 12.6. The minimum absolute atomic E-state index is 0.182. The fourth-order valence-electron chi connectivity index (χ4n) is 3.70. The Hall–Kier alpha value is -3.62. The summed E-state index contributed by atoms with van der Waals surface area (Å²) in [7, 11) is 0. The smallest absolute Gasteiger partial charge is 0.343 e. The molecule has 0 aliphatic carbocycles. The van der Waals surface area contributed by atoms with Crippen molar-refractivity contribution in [2.75, 3.05) is 18.0 Å². The molecule has 1 heterocycles. The zero-order valence-electron chi connectivity index (χ0n) is 20.2. The zero-order chi connectivity index (χ0) is 25.6. The number of hydrogen-bond acceptors (Lipinski definition) is 6. The highest BCUT2D eigenvalue weighted by Gasteiger charge is 2.23. The van der Waals surface area contributed by atoms with Crippen LogP contribution in [0.4, 0.5) is 5.69 Å². The lowest BCUT2D eigenvalue weighted by molar-refractivity contribution is -0.146. The number of benzene rings is 1. The fraction of sp³-hybridized carbons (Fsp3) is 0.440. The quantitative estimate of drug-likeness (QED) is 0.354. The lowest BCUT2D eigenvalue weighted by Gasteiger charge is -2.23. The molecule has 3 N–H and O–H groups in total. The van der Waals surface area contributed by atoms with Gasteiger partial charge in [-0.1, -0.05) is 20.8 Å². The van der Waals surface area contributed by atoms with Crippen LogP contribution < -0.4 is 15.8 Å². The van der Waals surface area contributed by atoms with Gasteiger partial charge in [0.1, 0.15) is 11.6 Å². The molecule has 1 aromatic carbocycles. The predicted octanol–water partition coefficient (Wildman–Crippen LogP) is 3.29. The van der Waals surface area contributed by atoms with Crippen LogP contribution in [0.3, 0.4) is 0 Å². The number of aliphatic carboxylic acids is 2. The second kappa shape index (κ2) is 11.0. The van der Waals surface area contributed by atoms with Gasteiger partial charge in [-0.3, -0.25) is 9.59 Å². The minimum Gasteiger partial charge on any atom is -0.481 e. The van der Waals surface area contributed by atoms with Crippen molar-refractivity contribution in [3.8, 4) is 0 Å². The highest BCUT2D eigenvalue weighted by Crippen LogP contribution is 2.31. The summed E-state index contributed by atoms with van der Waals surface area (Å²) in [6.07, 6.45) is 2.07. The van der Waals surface area contributed by atoms with Crippen LogP contribution in [0, 0.1) is 5.41 Å². The number of nitrogens with one attached hydrogen (secondary N) is 1. The fourth-order valence-corrected chi connectivity index (χ4v) is 3.70. The number of carbonyl (C=O) groups excluding carboxylic acids is 1. The van der Waals surface area contributed by atoms with Crippen LogP contribution in [-0.2, 0) is 20.8 Å². The number of amides is 1. The molecule has 9 heteroatoms. The third-order valence-corrected chi connectivity index (χ3v) is 5.27. The monoisotopic (exact) mass is 472 g/mol. The lowest BCUT2D eigenvalue weighted by Crippen LogP contribution is -2.41. The van der Waals surface area contributed by atoms with Crippen LogP contribution in [0.15, 0.2) is 33.5 Å². The van der Waals surface area contributed by atoms with Crippen LogP contribution >= 0.6 is 0 Å². The van der Waals surface area contributed by atoms with Gasteiger partial charge in [0.15, 0.2) is 0 Å². The first-order chi connectivity index (χ1) is 15.9. The van der Waals surface area contributed by atoms with E-state index in [1.165, 1.54) is 6.08 Å². The molecule has 1 unspecified atom stereocenters. The Bertz CT molecular complexity index is 1150. The average Bonchev–Trinajstić information content (AvgIpc) is 2.72. The Labute approximate surface area is 198 Å². The van der Waals surface area contributed by atoms with Crippen molar-refractivity contribution in [3.05, 3.63) is 45.8 Å². The molecule has 2 rings (SSSR count). The van der Waals surface area contributed by atoms with E-state index in [4.69, 9.17) is 14.6 Å². The molecule has 2 aromatic rings. The zero-order valence-corrected chi connectivity index (χ0v) is 20.2. The Kier molecular flexibility index (Phi) is 8.62. The van der Waals surface area contributed by atoms with E-state index < -0.39 is 35.9 Å². The molecule has 0 bridgehead atoms. The summed E-state index contributed by atoms with van der Waals surface area (Å²) < 4.78 is 5.60. The van der Waals surface area contributed by atoms with E-state index in [1.54, 1.807) is 0 Å². The van der Waals surface area contributed by atoms with Crippen LogP contribution in [0.2, 0.25) is 0 Å². The summed E-state index contributed by atoms with van der Waals surface area (Å²) in [6.45, 7) is 11.8. The number of carbonyl (C=O) groups is 3. The molecule has 0 fully saturated rings. The van der Waals surface area contributed by atoms with Crippen molar-refractivity contribution in [1.82, 2.24) is 5.32 Å². The summed E-state index contributed by atoms with van der Waals surface area (Å²) >= 11 is 0. The largest absolute Gasteiger partial charge is 0.481 e.